The van der Waals surface area contributed by atoms with Crippen LogP contribution in [0.3, 0.4) is 0 Å². The molecule has 0 fully saturated rings. The molecule has 3 aromatic heterocycles. The fraction of sp³-hybridized carbons (Fsp3) is 0.125. The predicted octanol–water partition coefficient (Wildman–Crippen LogP) is 5.49. The van der Waals surface area contributed by atoms with Crippen molar-refractivity contribution in [2.24, 2.45) is 0 Å². The maximum Gasteiger partial charge on any atom is 0.291 e. The van der Waals surface area contributed by atoms with Crippen molar-refractivity contribution in [3.63, 3.8) is 0 Å². The highest BCUT2D eigenvalue weighted by Gasteiger charge is 2.16. The van der Waals surface area contributed by atoms with Crippen LogP contribution in [0.4, 0.5) is 0 Å². The number of hydrogen-bond acceptors (Lipinski definition) is 7. The van der Waals surface area contributed by atoms with Crippen LogP contribution in [0.5, 0.6) is 11.5 Å². The fourth-order valence-electron chi connectivity index (χ4n) is 4.50. The van der Waals surface area contributed by atoms with E-state index >= 15 is 0 Å². The van der Waals surface area contributed by atoms with Crippen LogP contribution in [0.1, 0.15) is 18.1 Å². The van der Waals surface area contributed by atoms with Crippen molar-refractivity contribution in [1.82, 2.24) is 24.4 Å². The first-order valence-electron chi connectivity index (χ1n) is 13.2. The van der Waals surface area contributed by atoms with Crippen LogP contribution in [0.2, 0.25) is 0 Å². The summed E-state index contributed by atoms with van der Waals surface area (Å²) in [7, 11) is 0. The molecule has 3 aromatic carbocycles. The lowest BCUT2D eigenvalue weighted by Crippen LogP contribution is -2.23. The third kappa shape index (κ3) is 5.27. The molecule has 9 heteroatoms. The number of aryl methyl sites for hydroxylation is 1. The van der Waals surface area contributed by atoms with E-state index in [0.717, 1.165) is 45.1 Å². The number of aromatic nitrogens is 5. The molecule has 3 heterocycles. The molecule has 0 N–H and O–H groups in total. The maximum atomic E-state index is 13.4. The van der Waals surface area contributed by atoms with Gasteiger partial charge in [-0.1, -0.05) is 42.2 Å². The number of ether oxygens (including phenoxy) is 2. The molecule has 204 valence electrons. The summed E-state index contributed by atoms with van der Waals surface area (Å²) in [5, 5.41) is 9.41. The van der Waals surface area contributed by atoms with Gasteiger partial charge in [-0.2, -0.15) is 14.6 Å². The van der Waals surface area contributed by atoms with Gasteiger partial charge in [-0.25, -0.2) is 4.68 Å². The van der Waals surface area contributed by atoms with E-state index in [1.807, 2.05) is 97.5 Å². The molecule has 8 nitrogen and oxygen atoms in total. The number of benzene rings is 3. The van der Waals surface area contributed by atoms with Crippen molar-refractivity contribution < 1.29 is 9.47 Å². The first kappa shape index (κ1) is 26.2. The van der Waals surface area contributed by atoms with Crippen molar-refractivity contribution in [1.29, 1.82) is 0 Å². The number of hydrogen-bond donors (Lipinski definition) is 0. The Labute approximate surface area is 240 Å². The van der Waals surface area contributed by atoms with Gasteiger partial charge in [-0.3, -0.25) is 4.79 Å². The highest BCUT2D eigenvalue weighted by Crippen LogP contribution is 2.29. The van der Waals surface area contributed by atoms with Gasteiger partial charge in [0.05, 0.1) is 16.8 Å². The van der Waals surface area contributed by atoms with Gasteiger partial charge in [0.2, 0.25) is 4.96 Å². The molecule has 6 rings (SSSR count). The molecule has 41 heavy (non-hydrogen) atoms. The Kier molecular flexibility index (Phi) is 7.18. The fourth-order valence-corrected chi connectivity index (χ4v) is 5.40. The van der Waals surface area contributed by atoms with Gasteiger partial charge in [0.25, 0.3) is 5.56 Å². The lowest BCUT2D eigenvalue weighted by Gasteiger charge is -2.08. The third-order valence-corrected chi connectivity index (χ3v) is 7.42. The second-order valence-corrected chi connectivity index (χ2v) is 10.3. The lowest BCUT2D eigenvalue weighted by molar-refractivity contribution is 0.338. The summed E-state index contributed by atoms with van der Waals surface area (Å²) in [6, 6.07) is 23.3. The Balaban J connectivity index is 1.41. The smallest absolute Gasteiger partial charge is 0.291 e. The Morgan fingerprint density at radius 1 is 0.976 bits per heavy atom. The minimum atomic E-state index is -0.226. The summed E-state index contributed by atoms with van der Waals surface area (Å²) in [6.07, 6.45) is 5.49. The first-order chi connectivity index (χ1) is 20.0. The molecule has 0 aliphatic heterocycles. The Bertz CT molecular complexity index is 1960. The Morgan fingerprint density at radius 2 is 1.76 bits per heavy atom. The molecule has 0 bridgehead atoms. The van der Waals surface area contributed by atoms with E-state index in [2.05, 4.69) is 22.7 Å². The molecule has 0 spiro atoms. The van der Waals surface area contributed by atoms with E-state index in [1.54, 1.807) is 6.08 Å². The molecule has 0 aliphatic rings. The van der Waals surface area contributed by atoms with Crippen LogP contribution in [0.15, 0.2) is 96.4 Å². The van der Waals surface area contributed by atoms with Crippen LogP contribution in [0.25, 0.3) is 39.4 Å². The molecule has 0 radical (unpaired) electrons. The van der Waals surface area contributed by atoms with Gasteiger partial charge in [0.15, 0.2) is 5.82 Å². The summed E-state index contributed by atoms with van der Waals surface area (Å²) in [5.41, 5.74) is 5.02. The molecule has 0 unspecified atom stereocenters. The normalized spacial score (nSPS) is 11.7. The highest BCUT2D eigenvalue weighted by molar-refractivity contribution is 7.15. The number of nitrogens with zero attached hydrogens (tertiary/aromatic N) is 5. The minimum absolute atomic E-state index is 0.226. The van der Waals surface area contributed by atoms with Crippen molar-refractivity contribution >= 4 is 22.4 Å². The van der Waals surface area contributed by atoms with E-state index in [9.17, 15) is 4.79 Å². The van der Waals surface area contributed by atoms with Crippen LogP contribution in [0, 0.1) is 6.92 Å². The van der Waals surface area contributed by atoms with Crippen LogP contribution in [-0.4, -0.2) is 37.6 Å². The zero-order valence-corrected chi connectivity index (χ0v) is 23.5. The molecular weight excluding hydrogens is 534 g/mol. The minimum Gasteiger partial charge on any atom is -0.494 e. The van der Waals surface area contributed by atoms with Gasteiger partial charge in [0, 0.05) is 22.9 Å². The molecule has 0 saturated carbocycles. The first-order valence-corrected chi connectivity index (χ1v) is 14.0. The second-order valence-electron chi connectivity index (χ2n) is 9.30. The molecule has 6 aromatic rings. The molecule has 0 amide bonds. The van der Waals surface area contributed by atoms with E-state index in [1.165, 1.54) is 15.9 Å². The zero-order chi connectivity index (χ0) is 28.3. The van der Waals surface area contributed by atoms with Gasteiger partial charge in [-0.05, 0) is 80.1 Å². The number of para-hydroxylation sites is 1. The van der Waals surface area contributed by atoms with Crippen LogP contribution < -0.4 is 19.6 Å². The van der Waals surface area contributed by atoms with Crippen LogP contribution in [-0.2, 0) is 0 Å². The molecular formula is C32H27N5O3S. The molecule has 0 saturated heterocycles. The third-order valence-electron chi connectivity index (χ3n) is 6.46. The van der Waals surface area contributed by atoms with Gasteiger partial charge in [-0.15, -0.1) is 5.10 Å². The van der Waals surface area contributed by atoms with E-state index in [-0.39, 0.29) is 5.56 Å². The van der Waals surface area contributed by atoms with Crippen LogP contribution >= 0.6 is 11.3 Å². The average Bonchev–Trinajstić information content (AvgIpc) is 3.69. The van der Waals surface area contributed by atoms with Gasteiger partial charge in [0.1, 0.15) is 23.8 Å². The summed E-state index contributed by atoms with van der Waals surface area (Å²) in [5.74, 6) is 2.05. The summed E-state index contributed by atoms with van der Waals surface area (Å²) in [6.45, 7) is 8.67. The van der Waals surface area contributed by atoms with E-state index < -0.39 is 0 Å². The van der Waals surface area contributed by atoms with E-state index in [4.69, 9.17) is 14.6 Å². The summed E-state index contributed by atoms with van der Waals surface area (Å²) in [4.78, 5) is 18.6. The molecule has 0 atom stereocenters. The SMILES string of the molecule is C=CCOc1ccc(-c2nc3sc(=Cc4cn(-c5ccccc5)nc4-c4ccc(OCC)c(C)c4)c(=O)n3n2)cc1. The number of rotatable bonds is 9. The Morgan fingerprint density at radius 3 is 2.46 bits per heavy atom. The molecule has 0 aliphatic carbocycles. The standard InChI is InChI=1S/C32H27N5O3S/c1-4-17-40-26-14-11-22(12-15-26)30-33-32-37(35-30)31(38)28(41-32)19-24-20-36(25-9-7-6-8-10-25)34-29(24)23-13-16-27(39-5-2)21(3)18-23/h4,6-16,18-20H,1,5,17H2,2-3H3. The summed E-state index contributed by atoms with van der Waals surface area (Å²) >= 11 is 1.30. The zero-order valence-electron chi connectivity index (χ0n) is 22.7. The Hall–Kier alpha value is -5.02. The topological polar surface area (TPSA) is 83.5 Å². The monoisotopic (exact) mass is 561 g/mol. The van der Waals surface area contributed by atoms with Crippen molar-refractivity contribution in [3.8, 4) is 39.8 Å². The summed E-state index contributed by atoms with van der Waals surface area (Å²) < 4.78 is 15.0. The van der Waals surface area contributed by atoms with Gasteiger partial charge < -0.3 is 9.47 Å². The maximum absolute atomic E-state index is 13.4. The second kappa shape index (κ2) is 11.2. The highest BCUT2D eigenvalue weighted by atomic mass is 32.1. The van der Waals surface area contributed by atoms with Gasteiger partial charge >= 0.3 is 0 Å². The largest absolute Gasteiger partial charge is 0.494 e. The van der Waals surface area contributed by atoms with Crippen molar-refractivity contribution in [2.75, 3.05) is 13.2 Å². The lowest BCUT2D eigenvalue weighted by atomic mass is 10.0. The van der Waals surface area contributed by atoms with E-state index in [0.29, 0.717) is 28.5 Å². The predicted molar refractivity (Wildman–Crippen MR) is 162 cm³/mol. The number of thiazole rings is 1. The number of fused-ring (bicyclic) bond motifs is 1. The average molecular weight is 562 g/mol. The van der Waals surface area contributed by atoms with Crippen molar-refractivity contribution in [2.45, 2.75) is 13.8 Å². The quantitative estimate of drug-likeness (QED) is 0.217. The van der Waals surface area contributed by atoms with Crippen molar-refractivity contribution in [3.05, 3.63) is 118 Å².